The summed E-state index contributed by atoms with van der Waals surface area (Å²) in [5, 5.41) is 10.8. The molecule has 0 spiro atoms. The van der Waals surface area contributed by atoms with Gasteiger partial charge in [-0.05, 0) is 39.0 Å². The molecule has 0 unspecified atom stereocenters. The average molecular weight is 369 g/mol. The van der Waals surface area contributed by atoms with Gasteiger partial charge in [0.15, 0.2) is 0 Å². The molecule has 1 fully saturated rings. The lowest BCUT2D eigenvalue weighted by molar-refractivity contribution is 0.0542. The maximum absolute atomic E-state index is 5.98. The first-order valence-corrected chi connectivity index (χ1v) is 9.43. The summed E-state index contributed by atoms with van der Waals surface area (Å²) in [4.78, 5) is 2.34. The van der Waals surface area contributed by atoms with Crippen LogP contribution < -0.4 is 10.2 Å². The van der Waals surface area contributed by atoms with Crippen LogP contribution >= 0.6 is 0 Å². The predicted octanol–water partition coefficient (Wildman–Crippen LogP) is 2.62. The lowest BCUT2D eigenvalue weighted by Gasteiger charge is -2.34. The summed E-state index contributed by atoms with van der Waals surface area (Å²) in [5.41, 5.74) is 8.55. The number of allylic oxidation sites excluding steroid dienone is 1. The molecule has 0 saturated carbocycles. The molecule has 7 heteroatoms. The van der Waals surface area contributed by atoms with Crippen LogP contribution in [-0.2, 0) is 4.74 Å². The van der Waals surface area contributed by atoms with Crippen molar-refractivity contribution in [1.29, 1.82) is 0 Å². The first-order chi connectivity index (χ1) is 13.0. The molecule has 1 aromatic carbocycles. The molecule has 0 atom stereocenters. The number of nitrogens with one attached hydrogen (secondary N) is 2. The number of morpholine rings is 1. The molecule has 7 nitrogen and oxygen atoms in total. The third-order valence-electron chi connectivity index (χ3n) is 4.85. The number of aromatic amines is 1. The van der Waals surface area contributed by atoms with Gasteiger partial charge in [0.25, 0.3) is 0 Å². The summed E-state index contributed by atoms with van der Waals surface area (Å²) in [7, 11) is 2.00. The number of nitrogens with zero attached hydrogens (tertiary/aromatic N) is 3. The molecule has 1 aromatic heterocycles. The van der Waals surface area contributed by atoms with Crippen molar-refractivity contribution in [2.75, 3.05) is 33.4 Å². The van der Waals surface area contributed by atoms with Crippen molar-refractivity contribution in [3.63, 3.8) is 0 Å². The Kier molecular flexibility index (Phi) is 4.70. The van der Waals surface area contributed by atoms with E-state index in [9.17, 15) is 0 Å². The molecule has 2 N–H and O–H groups in total. The third-order valence-corrected chi connectivity index (χ3v) is 4.85. The monoisotopic (exact) mass is 369 g/mol. The molecule has 0 aliphatic carbocycles. The van der Waals surface area contributed by atoms with Gasteiger partial charge in [0, 0.05) is 37.3 Å². The van der Waals surface area contributed by atoms with Crippen molar-refractivity contribution in [3.05, 3.63) is 41.4 Å². The van der Waals surface area contributed by atoms with Crippen LogP contribution in [0.5, 0.6) is 5.75 Å². The number of fused-ring (bicyclic) bond motifs is 1. The molecular formula is C20H27N5O2. The van der Waals surface area contributed by atoms with E-state index in [1.807, 2.05) is 38.0 Å². The fourth-order valence-electron chi connectivity index (χ4n) is 3.59. The molecule has 2 aromatic rings. The van der Waals surface area contributed by atoms with Crippen molar-refractivity contribution in [1.82, 2.24) is 25.5 Å². The van der Waals surface area contributed by atoms with Crippen molar-refractivity contribution in [3.8, 4) is 5.75 Å². The second-order valence-electron chi connectivity index (χ2n) is 7.28. The van der Waals surface area contributed by atoms with Gasteiger partial charge in [0.2, 0.25) is 0 Å². The molecule has 1 saturated heterocycles. The van der Waals surface area contributed by atoms with Crippen LogP contribution in [0.2, 0.25) is 0 Å². The second-order valence-corrected chi connectivity index (χ2v) is 7.28. The van der Waals surface area contributed by atoms with Crippen molar-refractivity contribution < 1.29 is 9.47 Å². The molecule has 0 amide bonds. The van der Waals surface area contributed by atoms with Crippen LogP contribution in [0.1, 0.15) is 25.1 Å². The highest BCUT2D eigenvalue weighted by molar-refractivity contribution is 5.94. The molecular weight excluding hydrogens is 342 g/mol. The first-order valence-electron chi connectivity index (χ1n) is 9.43. The van der Waals surface area contributed by atoms with Gasteiger partial charge in [-0.25, -0.2) is 0 Å². The highest BCUT2D eigenvalue weighted by Crippen LogP contribution is 2.33. The van der Waals surface area contributed by atoms with Gasteiger partial charge in [-0.2, -0.15) is 5.10 Å². The van der Waals surface area contributed by atoms with Crippen molar-refractivity contribution >= 4 is 16.6 Å². The van der Waals surface area contributed by atoms with Crippen LogP contribution in [-0.4, -0.2) is 59.6 Å². The van der Waals surface area contributed by atoms with Gasteiger partial charge >= 0.3 is 0 Å². The van der Waals surface area contributed by atoms with Gasteiger partial charge in [-0.1, -0.05) is 0 Å². The van der Waals surface area contributed by atoms with Gasteiger partial charge < -0.3 is 14.4 Å². The number of aromatic nitrogens is 2. The minimum atomic E-state index is 0.130. The zero-order valence-electron chi connectivity index (χ0n) is 16.4. The van der Waals surface area contributed by atoms with Gasteiger partial charge in [0.1, 0.15) is 11.4 Å². The number of hydrogen-bond acceptors (Lipinski definition) is 6. The standard InChI is InChI=1S/C20H27N5O2/c1-13(2)27-18-6-5-16-19(14(18)3)20(22-21-16)17-11-15(12-24(4)23-17)25-7-9-26-10-8-25/h5-6,11-13,23H,7-10H2,1-4H3,(H,21,22). The fourth-order valence-corrected chi connectivity index (χ4v) is 3.59. The topological polar surface area (TPSA) is 65.6 Å². The van der Waals surface area contributed by atoms with E-state index in [-0.39, 0.29) is 6.10 Å². The Balaban J connectivity index is 1.74. The number of H-pyrrole nitrogens is 1. The quantitative estimate of drug-likeness (QED) is 0.864. The summed E-state index contributed by atoms with van der Waals surface area (Å²) in [6.07, 6.45) is 4.39. The SMILES string of the molecule is Cc1c(OC(C)C)ccc2[nH]nc(C3=CC(N4CCOCC4)=CN(C)N3)c12. The zero-order valence-corrected chi connectivity index (χ0v) is 16.4. The predicted molar refractivity (Wildman–Crippen MR) is 106 cm³/mol. The number of benzene rings is 1. The Bertz CT molecular complexity index is 893. The van der Waals surface area contributed by atoms with Crippen LogP contribution in [0.4, 0.5) is 0 Å². The third kappa shape index (κ3) is 3.47. The van der Waals surface area contributed by atoms with E-state index in [2.05, 4.69) is 39.7 Å². The Hall–Kier alpha value is -2.67. The Morgan fingerprint density at radius 1 is 1.22 bits per heavy atom. The first kappa shape index (κ1) is 17.7. The van der Waals surface area contributed by atoms with Gasteiger partial charge in [0.05, 0.1) is 36.2 Å². The fraction of sp³-hybridized carbons (Fsp3) is 0.450. The number of ether oxygens (including phenoxy) is 2. The maximum atomic E-state index is 5.98. The molecule has 4 rings (SSSR count). The number of rotatable bonds is 4. The minimum absolute atomic E-state index is 0.130. The van der Waals surface area contributed by atoms with E-state index in [1.165, 1.54) is 0 Å². The molecule has 2 aliphatic rings. The normalized spacial score (nSPS) is 17.8. The zero-order chi connectivity index (χ0) is 19.0. The highest BCUT2D eigenvalue weighted by atomic mass is 16.5. The Morgan fingerprint density at radius 3 is 2.74 bits per heavy atom. The smallest absolute Gasteiger partial charge is 0.123 e. The van der Waals surface area contributed by atoms with Gasteiger partial charge in [-0.15, -0.1) is 0 Å². The summed E-state index contributed by atoms with van der Waals surface area (Å²) >= 11 is 0. The molecule has 2 aliphatic heterocycles. The lowest BCUT2D eigenvalue weighted by Crippen LogP contribution is -2.39. The van der Waals surface area contributed by atoms with E-state index in [0.29, 0.717) is 0 Å². The second kappa shape index (κ2) is 7.15. The number of aryl methyl sites for hydroxylation is 1. The maximum Gasteiger partial charge on any atom is 0.123 e. The van der Waals surface area contributed by atoms with E-state index in [4.69, 9.17) is 9.47 Å². The summed E-state index contributed by atoms with van der Waals surface area (Å²) < 4.78 is 11.5. The Labute approximate surface area is 159 Å². The molecule has 0 bridgehead atoms. The Morgan fingerprint density at radius 2 is 2.00 bits per heavy atom. The van der Waals surface area contributed by atoms with Gasteiger partial charge in [-0.3, -0.25) is 15.5 Å². The van der Waals surface area contributed by atoms with Crippen molar-refractivity contribution in [2.24, 2.45) is 0 Å². The number of hydrazine groups is 1. The van der Waals surface area contributed by atoms with Crippen LogP contribution in [0.15, 0.2) is 30.1 Å². The molecule has 144 valence electrons. The van der Waals surface area contributed by atoms with Crippen LogP contribution in [0, 0.1) is 6.92 Å². The van der Waals surface area contributed by atoms with Crippen LogP contribution in [0.25, 0.3) is 16.6 Å². The average Bonchev–Trinajstić information content (AvgIpc) is 3.09. The molecule has 3 heterocycles. The summed E-state index contributed by atoms with van der Waals surface area (Å²) in [6, 6.07) is 4.04. The van der Waals surface area contributed by atoms with E-state index in [0.717, 1.165) is 65.6 Å². The van der Waals surface area contributed by atoms with E-state index < -0.39 is 0 Å². The van der Waals surface area contributed by atoms with E-state index >= 15 is 0 Å². The van der Waals surface area contributed by atoms with Crippen molar-refractivity contribution in [2.45, 2.75) is 26.9 Å². The highest BCUT2D eigenvalue weighted by Gasteiger charge is 2.22. The summed E-state index contributed by atoms with van der Waals surface area (Å²) in [6.45, 7) is 9.49. The minimum Gasteiger partial charge on any atom is -0.491 e. The van der Waals surface area contributed by atoms with E-state index in [1.54, 1.807) is 0 Å². The number of hydrogen-bond donors (Lipinski definition) is 2. The summed E-state index contributed by atoms with van der Waals surface area (Å²) in [5.74, 6) is 0.897. The molecule has 27 heavy (non-hydrogen) atoms. The van der Waals surface area contributed by atoms with Crippen LogP contribution in [0.3, 0.4) is 0 Å². The lowest BCUT2D eigenvalue weighted by atomic mass is 10.1. The largest absolute Gasteiger partial charge is 0.491 e. The molecule has 0 radical (unpaired) electrons.